The number of rotatable bonds is 5. The lowest BCUT2D eigenvalue weighted by Crippen LogP contribution is -2.44. The molecule has 1 fully saturated rings. The molecule has 0 unspecified atom stereocenters. The van der Waals surface area contributed by atoms with Gasteiger partial charge in [0.25, 0.3) is 10.2 Å². The molecule has 6 heteroatoms. The Morgan fingerprint density at radius 3 is 2.55 bits per heavy atom. The zero-order chi connectivity index (χ0) is 14.6. The molecule has 0 aliphatic heterocycles. The fourth-order valence-electron chi connectivity index (χ4n) is 2.55. The van der Waals surface area contributed by atoms with Crippen molar-refractivity contribution in [2.24, 2.45) is 0 Å². The van der Waals surface area contributed by atoms with Gasteiger partial charge in [0.2, 0.25) is 0 Å². The van der Waals surface area contributed by atoms with Crippen molar-refractivity contribution in [1.82, 2.24) is 9.03 Å². The minimum atomic E-state index is -3.56. The summed E-state index contributed by atoms with van der Waals surface area (Å²) in [7, 11) is -1.96. The molecule has 0 saturated heterocycles. The van der Waals surface area contributed by atoms with Gasteiger partial charge >= 0.3 is 0 Å². The van der Waals surface area contributed by atoms with Crippen molar-refractivity contribution in [3.63, 3.8) is 0 Å². The van der Waals surface area contributed by atoms with Crippen LogP contribution in [0.5, 0.6) is 0 Å². The number of nitrogens with zero attached hydrogens (tertiary/aromatic N) is 1. The molecule has 4 nitrogen and oxygen atoms in total. The van der Waals surface area contributed by atoms with Crippen molar-refractivity contribution in [2.75, 3.05) is 7.05 Å². The van der Waals surface area contributed by atoms with Gasteiger partial charge in [-0.05, 0) is 18.9 Å². The number of hydrogen-bond donors (Lipinski definition) is 1. The van der Waals surface area contributed by atoms with Crippen LogP contribution in [0.2, 0.25) is 0 Å². The molecule has 1 aromatic rings. The first-order chi connectivity index (χ1) is 9.50. The third kappa shape index (κ3) is 3.77. The van der Waals surface area contributed by atoms with E-state index in [0.717, 1.165) is 25.7 Å². The van der Waals surface area contributed by atoms with Gasteiger partial charge in [0, 0.05) is 25.2 Å². The smallest absolute Gasteiger partial charge is 0.207 e. The number of benzene rings is 1. The molecule has 1 aliphatic carbocycles. The predicted molar refractivity (Wildman–Crippen MR) is 76.8 cm³/mol. The van der Waals surface area contributed by atoms with Gasteiger partial charge in [0.15, 0.2) is 0 Å². The molecular formula is C14H21FN2O2S. The van der Waals surface area contributed by atoms with Gasteiger partial charge in [0.1, 0.15) is 5.82 Å². The lowest BCUT2D eigenvalue weighted by Gasteiger charge is -2.30. The first-order valence-corrected chi connectivity index (χ1v) is 8.41. The average molecular weight is 300 g/mol. The van der Waals surface area contributed by atoms with Gasteiger partial charge in [-0.3, -0.25) is 0 Å². The van der Waals surface area contributed by atoms with E-state index in [4.69, 9.17) is 0 Å². The first kappa shape index (κ1) is 15.4. The molecule has 20 heavy (non-hydrogen) atoms. The summed E-state index contributed by atoms with van der Waals surface area (Å²) in [5, 5.41) is 0. The van der Waals surface area contributed by atoms with Gasteiger partial charge in [-0.25, -0.2) is 4.39 Å². The highest BCUT2D eigenvalue weighted by molar-refractivity contribution is 7.87. The van der Waals surface area contributed by atoms with Crippen LogP contribution in [-0.2, 0) is 16.8 Å². The van der Waals surface area contributed by atoms with E-state index < -0.39 is 16.0 Å². The van der Waals surface area contributed by atoms with Crippen LogP contribution in [0.15, 0.2) is 24.3 Å². The third-order valence-electron chi connectivity index (χ3n) is 3.87. The van der Waals surface area contributed by atoms with Crippen LogP contribution in [0.25, 0.3) is 0 Å². The van der Waals surface area contributed by atoms with Crippen molar-refractivity contribution < 1.29 is 12.8 Å². The van der Waals surface area contributed by atoms with Crippen molar-refractivity contribution in [3.05, 3.63) is 35.6 Å². The highest BCUT2D eigenvalue weighted by atomic mass is 32.2. The fourth-order valence-corrected chi connectivity index (χ4v) is 3.70. The zero-order valence-corrected chi connectivity index (χ0v) is 12.5. The lowest BCUT2D eigenvalue weighted by atomic mass is 9.96. The molecule has 1 aromatic carbocycles. The number of hydrogen-bond acceptors (Lipinski definition) is 2. The highest BCUT2D eigenvalue weighted by Gasteiger charge is 2.27. The average Bonchev–Trinajstić information content (AvgIpc) is 2.46. The van der Waals surface area contributed by atoms with E-state index in [9.17, 15) is 12.8 Å². The summed E-state index contributed by atoms with van der Waals surface area (Å²) in [5.74, 6) is -0.393. The van der Waals surface area contributed by atoms with Crippen LogP contribution in [0.1, 0.15) is 37.7 Å². The number of halogens is 1. The topological polar surface area (TPSA) is 49.4 Å². The van der Waals surface area contributed by atoms with Crippen LogP contribution >= 0.6 is 0 Å². The maximum absolute atomic E-state index is 13.5. The minimum absolute atomic E-state index is 0.0218. The van der Waals surface area contributed by atoms with E-state index in [1.54, 1.807) is 25.2 Å². The standard InChI is InChI=1S/C14H21FN2O2S/c1-17(13-8-3-2-4-9-13)20(18,19)16-11-12-7-5-6-10-14(12)15/h5-7,10,13,16H,2-4,8-9,11H2,1H3. The Hall–Kier alpha value is -0.980. The maximum Gasteiger partial charge on any atom is 0.279 e. The summed E-state index contributed by atoms with van der Waals surface area (Å²) in [6, 6.07) is 6.24. The van der Waals surface area contributed by atoms with Crippen LogP contribution in [0.3, 0.4) is 0 Å². The summed E-state index contributed by atoms with van der Waals surface area (Å²) >= 11 is 0. The molecule has 1 N–H and O–H groups in total. The molecule has 0 spiro atoms. The molecule has 2 rings (SSSR count). The molecule has 0 amide bonds. The van der Waals surface area contributed by atoms with E-state index >= 15 is 0 Å². The summed E-state index contributed by atoms with van der Waals surface area (Å²) in [6.07, 6.45) is 5.11. The molecule has 0 bridgehead atoms. The SMILES string of the molecule is CN(C1CCCCC1)S(=O)(=O)NCc1ccccc1F. The Bertz CT molecular complexity index is 542. The monoisotopic (exact) mass is 300 g/mol. The zero-order valence-electron chi connectivity index (χ0n) is 11.7. The van der Waals surface area contributed by atoms with Crippen molar-refractivity contribution in [1.29, 1.82) is 0 Å². The Morgan fingerprint density at radius 2 is 1.90 bits per heavy atom. The van der Waals surface area contributed by atoms with Crippen LogP contribution < -0.4 is 4.72 Å². The normalized spacial score (nSPS) is 17.6. The molecule has 0 radical (unpaired) electrons. The van der Waals surface area contributed by atoms with Gasteiger partial charge in [-0.2, -0.15) is 17.4 Å². The van der Waals surface area contributed by atoms with Gasteiger partial charge in [-0.1, -0.05) is 37.5 Å². The molecule has 0 atom stereocenters. The molecule has 1 aliphatic rings. The quantitative estimate of drug-likeness (QED) is 0.908. The van der Waals surface area contributed by atoms with Crippen molar-refractivity contribution in [2.45, 2.75) is 44.7 Å². The van der Waals surface area contributed by atoms with Crippen LogP contribution in [0.4, 0.5) is 4.39 Å². The molecule has 1 saturated carbocycles. The van der Waals surface area contributed by atoms with E-state index in [0.29, 0.717) is 5.56 Å². The van der Waals surface area contributed by atoms with Crippen LogP contribution in [-0.4, -0.2) is 25.8 Å². The van der Waals surface area contributed by atoms with Crippen LogP contribution in [0, 0.1) is 5.82 Å². The Morgan fingerprint density at radius 1 is 1.25 bits per heavy atom. The largest absolute Gasteiger partial charge is 0.279 e. The Labute approximate surface area is 120 Å². The Balaban J connectivity index is 1.98. The van der Waals surface area contributed by atoms with E-state index in [-0.39, 0.29) is 12.6 Å². The van der Waals surface area contributed by atoms with Gasteiger partial charge in [0.05, 0.1) is 0 Å². The summed E-state index contributed by atoms with van der Waals surface area (Å²) in [6.45, 7) is -0.0218. The van der Waals surface area contributed by atoms with E-state index in [1.165, 1.54) is 16.8 Å². The summed E-state index contributed by atoms with van der Waals surface area (Å²) in [5.41, 5.74) is 0.355. The predicted octanol–water partition coefficient (Wildman–Crippen LogP) is 2.42. The van der Waals surface area contributed by atoms with Crippen molar-refractivity contribution in [3.8, 4) is 0 Å². The summed E-state index contributed by atoms with van der Waals surface area (Å²) < 4.78 is 41.8. The Kier molecular flexibility index (Phi) is 5.12. The van der Waals surface area contributed by atoms with Gasteiger partial charge < -0.3 is 0 Å². The van der Waals surface area contributed by atoms with E-state index in [1.807, 2.05) is 0 Å². The molecule has 112 valence electrons. The van der Waals surface area contributed by atoms with Crippen molar-refractivity contribution >= 4 is 10.2 Å². The first-order valence-electron chi connectivity index (χ1n) is 6.97. The lowest BCUT2D eigenvalue weighted by molar-refractivity contribution is 0.283. The highest BCUT2D eigenvalue weighted by Crippen LogP contribution is 2.23. The van der Waals surface area contributed by atoms with Gasteiger partial charge in [-0.15, -0.1) is 0 Å². The molecule has 0 aromatic heterocycles. The summed E-state index contributed by atoms with van der Waals surface area (Å²) in [4.78, 5) is 0. The molecular weight excluding hydrogens is 279 g/mol. The second kappa shape index (κ2) is 6.65. The fraction of sp³-hybridized carbons (Fsp3) is 0.571. The second-order valence-electron chi connectivity index (χ2n) is 5.23. The second-order valence-corrected chi connectivity index (χ2v) is 7.04. The number of nitrogens with one attached hydrogen (secondary N) is 1. The maximum atomic E-state index is 13.5. The minimum Gasteiger partial charge on any atom is -0.207 e. The van der Waals surface area contributed by atoms with E-state index in [2.05, 4.69) is 4.72 Å². The molecule has 0 heterocycles. The third-order valence-corrected chi connectivity index (χ3v) is 5.44.